The molecule has 0 amide bonds. The third-order valence-electron chi connectivity index (χ3n) is 2.26. The van der Waals surface area contributed by atoms with Gasteiger partial charge in [0.25, 0.3) is 10.1 Å². The van der Waals surface area contributed by atoms with Crippen molar-refractivity contribution in [3.63, 3.8) is 0 Å². The molecule has 0 aliphatic heterocycles. The van der Waals surface area contributed by atoms with Gasteiger partial charge in [-0.25, -0.2) is 9.59 Å². The van der Waals surface area contributed by atoms with E-state index in [1.54, 1.807) is 0 Å². The summed E-state index contributed by atoms with van der Waals surface area (Å²) in [5, 5.41) is 17.7. The quantitative estimate of drug-likeness (QED) is 0.495. The molecular weight excluding hydrogens is 292 g/mol. The van der Waals surface area contributed by atoms with Crippen molar-refractivity contribution in [1.82, 2.24) is 0 Å². The van der Waals surface area contributed by atoms with Gasteiger partial charge in [-0.3, -0.25) is 4.55 Å². The van der Waals surface area contributed by atoms with Crippen molar-refractivity contribution in [1.29, 1.82) is 0 Å². The smallest absolute Gasteiger partial charge is 0.339 e. The Morgan fingerprint density at radius 3 is 2.30 bits per heavy atom. The molecule has 0 atom stereocenters. The molecular formula is C11H12O8S. The minimum atomic E-state index is -4.10. The summed E-state index contributed by atoms with van der Waals surface area (Å²) in [6, 6.07) is 3.30. The molecule has 1 aromatic rings. The highest BCUT2D eigenvalue weighted by Crippen LogP contribution is 2.20. The van der Waals surface area contributed by atoms with Gasteiger partial charge < -0.3 is 14.9 Å². The van der Waals surface area contributed by atoms with E-state index in [9.17, 15) is 18.0 Å². The Bertz CT molecular complexity index is 619. The molecule has 0 heterocycles. The summed E-state index contributed by atoms with van der Waals surface area (Å²) in [7, 11) is -4.10. The fourth-order valence-electron chi connectivity index (χ4n) is 1.38. The van der Waals surface area contributed by atoms with E-state index in [1.807, 2.05) is 0 Å². The van der Waals surface area contributed by atoms with Gasteiger partial charge in [0.1, 0.15) is 11.3 Å². The minimum Gasteiger partial charge on any atom is -0.493 e. The Kier molecular flexibility index (Phi) is 5.06. The number of carbonyl (C=O) groups is 2. The van der Waals surface area contributed by atoms with Gasteiger partial charge >= 0.3 is 11.9 Å². The highest BCUT2D eigenvalue weighted by molar-refractivity contribution is 7.85. The summed E-state index contributed by atoms with van der Waals surface area (Å²) in [5.41, 5.74) is -0.538. The molecule has 1 rings (SSSR count). The van der Waals surface area contributed by atoms with E-state index in [1.165, 1.54) is 12.1 Å². The van der Waals surface area contributed by atoms with E-state index in [2.05, 4.69) is 0 Å². The average molecular weight is 304 g/mol. The number of hydrogen-bond acceptors (Lipinski definition) is 5. The first-order chi connectivity index (χ1) is 9.20. The molecule has 0 bridgehead atoms. The van der Waals surface area contributed by atoms with E-state index in [-0.39, 0.29) is 29.9 Å². The lowest BCUT2D eigenvalue weighted by molar-refractivity contribution is 0.0692. The predicted octanol–water partition coefficient (Wildman–Crippen LogP) is 0.740. The lowest BCUT2D eigenvalue weighted by atomic mass is 10.1. The van der Waals surface area contributed by atoms with Gasteiger partial charge in [0.15, 0.2) is 0 Å². The van der Waals surface area contributed by atoms with Crippen molar-refractivity contribution in [3.05, 3.63) is 29.3 Å². The standard InChI is InChI=1S/C11H12O8S/c12-10(13)7-2-3-9(8(6-7)11(14)15)19-4-1-5-20(16,17)18/h2-3,6H,1,4-5H2,(H,12,13)(H,14,15)(H,16,17,18). The van der Waals surface area contributed by atoms with Crippen LogP contribution in [0.25, 0.3) is 0 Å². The topological polar surface area (TPSA) is 138 Å². The summed E-state index contributed by atoms with van der Waals surface area (Å²) in [6.45, 7) is -0.132. The largest absolute Gasteiger partial charge is 0.493 e. The van der Waals surface area contributed by atoms with Crippen LogP contribution in [0.4, 0.5) is 0 Å². The minimum absolute atomic E-state index is 0.0292. The fourth-order valence-corrected chi connectivity index (χ4v) is 1.86. The number of benzene rings is 1. The van der Waals surface area contributed by atoms with Crippen LogP contribution in [0.1, 0.15) is 27.1 Å². The first kappa shape index (κ1) is 15.9. The van der Waals surface area contributed by atoms with Crippen molar-refractivity contribution in [2.75, 3.05) is 12.4 Å². The molecule has 0 saturated carbocycles. The van der Waals surface area contributed by atoms with Crippen molar-refractivity contribution >= 4 is 22.1 Å². The molecule has 3 N–H and O–H groups in total. The summed E-state index contributed by atoms with van der Waals surface area (Å²) < 4.78 is 34.5. The summed E-state index contributed by atoms with van der Waals surface area (Å²) in [6.07, 6.45) is -0.0292. The summed E-state index contributed by atoms with van der Waals surface area (Å²) >= 11 is 0. The molecule has 0 fully saturated rings. The number of ether oxygens (including phenoxy) is 1. The van der Waals surface area contributed by atoms with Gasteiger partial charge in [0, 0.05) is 0 Å². The Balaban J connectivity index is 2.79. The Labute approximate surface area is 114 Å². The number of hydrogen-bond donors (Lipinski definition) is 3. The van der Waals surface area contributed by atoms with Crippen molar-refractivity contribution in [2.24, 2.45) is 0 Å². The second-order valence-electron chi connectivity index (χ2n) is 3.81. The third-order valence-corrected chi connectivity index (χ3v) is 3.07. The van der Waals surface area contributed by atoms with Crippen LogP contribution in [0.2, 0.25) is 0 Å². The third kappa shape index (κ3) is 4.86. The zero-order valence-corrected chi connectivity index (χ0v) is 11.0. The van der Waals surface area contributed by atoms with Crippen LogP contribution < -0.4 is 4.74 Å². The fraction of sp³-hybridized carbons (Fsp3) is 0.273. The second kappa shape index (κ2) is 6.35. The molecule has 20 heavy (non-hydrogen) atoms. The molecule has 0 saturated heterocycles. The first-order valence-corrected chi connectivity index (χ1v) is 7.00. The second-order valence-corrected chi connectivity index (χ2v) is 5.38. The summed E-state index contributed by atoms with van der Waals surface area (Å²) in [5.74, 6) is -3.22. The van der Waals surface area contributed by atoms with Gasteiger partial charge in [0.2, 0.25) is 0 Å². The maximum atomic E-state index is 11.0. The van der Waals surface area contributed by atoms with Gasteiger partial charge in [-0.05, 0) is 24.6 Å². The molecule has 110 valence electrons. The monoisotopic (exact) mass is 304 g/mol. The van der Waals surface area contributed by atoms with E-state index in [0.717, 1.165) is 6.07 Å². The molecule has 8 nitrogen and oxygen atoms in total. The van der Waals surface area contributed by atoms with Crippen LogP contribution >= 0.6 is 0 Å². The van der Waals surface area contributed by atoms with Crippen molar-refractivity contribution in [2.45, 2.75) is 6.42 Å². The maximum Gasteiger partial charge on any atom is 0.339 e. The number of aromatic carboxylic acids is 2. The van der Waals surface area contributed by atoms with Crippen LogP contribution in [-0.4, -0.2) is 47.5 Å². The van der Waals surface area contributed by atoms with Gasteiger partial charge in [-0.1, -0.05) is 0 Å². The van der Waals surface area contributed by atoms with Crippen LogP contribution in [0.15, 0.2) is 18.2 Å². The predicted molar refractivity (Wildman–Crippen MR) is 66.9 cm³/mol. The van der Waals surface area contributed by atoms with Crippen molar-refractivity contribution in [3.8, 4) is 5.75 Å². The number of rotatable bonds is 7. The van der Waals surface area contributed by atoms with E-state index in [4.69, 9.17) is 19.5 Å². The van der Waals surface area contributed by atoms with Gasteiger partial charge in [-0.15, -0.1) is 0 Å². The molecule has 0 aromatic heterocycles. The number of carboxylic acids is 2. The Morgan fingerprint density at radius 2 is 1.80 bits per heavy atom. The van der Waals surface area contributed by atoms with Crippen molar-refractivity contribution < 1.29 is 37.5 Å². The highest BCUT2D eigenvalue weighted by Gasteiger charge is 2.15. The molecule has 0 spiro atoms. The van der Waals surface area contributed by atoms with Crippen LogP contribution in [0.3, 0.4) is 0 Å². The van der Waals surface area contributed by atoms with Crippen LogP contribution in [0, 0.1) is 0 Å². The zero-order chi connectivity index (χ0) is 15.3. The SMILES string of the molecule is O=C(O)c1ccc(OCCCS(=O)(=O)O)c(C(=O)O)c1. The molecule has 1 aromatic carbocycles. The molecule has 9 heteroatoms. The van der Waals surface area contributed by atoms with Gasteiger partial charge in [0.05, 0.1) is 17.9 Å². The Morgan fingerprint density at radius 1 is 1.15 bits per heavy atom. The number of carboxylic acid groups (broad SMARTS) is 2. The molecule has 0 unspecified atom stereocenters. The van der Waals surface area contributed by atoms with Gasteiger partial charge in [-0.2, -0.15) is 8.42 Å². The summed E-state index contributed by atoms with van der Waals surface area (Å²) in [4.78, 5) is 21.7. The van der Waals surface area contributed by atoms with E-state index >= 15 is 0 Å². The average Bonchev–Trinajstić information content (AvgIpc) is 2.33. The lowest BCUT2D eigenvalue weighted by Gasteiger charge is -2.09. The molecule has 0 radical (unpaired) electrons. The molecule has 0 aliphatic rings. The Hall–Kier alpha value is -2.13. The van der Waals surface area contributed by atoms with Crippen LogP contribution in [0.5, 0.6) is 5.75 Å². The highest BCUT2D eigenvalue weighted by atomic mass is 32.2. The van der Waals surface area contributed by atoms with E-state index < -0.39 is 27.8 Å². The first-order valence-electron chi connectivity index (χ1n) is 5.39. The zero-order valence-electron chi connectivity index (χ0n) is 10.1. The maximum absolute atomic E-state index is 11.0. The lowest BCUT2D eigenvalue weighted by Crippen LogP contribution is -2.11. The van der Waals surface area contributed by atoms with E-state index in [0.29, 0.717) is 0 Å². The van der Waals surface area contributed by atoms with Crippen LogP contribution in [-0.2, 0) is 10.1 Å². The normalized spacial score (nSPS) is 11.1. The molecule has 0 aliphatic carbocycles.